The number of nitrogens with one attached hydrogen (secondary N) is 1. The Bertz CT molecular complexity index is 627. The van der Waals surface area contributed by atoms with Crippen molar-refractivity contribution in [3.05, 3.63) is 35.4 Å². The smallest absolute Gasteiger partial charge is 0.328 e. The van der Waals surface area contributed by atoms with Crippen LogP contribution in [0.2, 0.25) is 0 Å². The third kappa shape index (κ3) is 5.05. The van der Waals surface area contributed by atoms with Crippen molar-refractivity contribution in [3.8, 4) is 0 Å². The minimum absolute atomic E-state index is 0.0593. The molecule has 1 aliphatic heterocycles. The van der Waals surface area contributed by atoms with Crippen molar-refractivity contribution in [1.82, 2.24) is 10.2 Å². The average molecular weight is 346 g/mol. The lowest BCUT2D eigenvalue weighted by molar-refractivity contribution is -0.147. The molecule has 1 aliphatic rings. The van der Waals surface area contributed by atoms with Gasteiger partial charge in [0.2, 0.25) is 5.91 Å². The molecule has 1 saturated heterocycles. The second-order valence-corrected chi connectivity index (χ2v) is 6.44. The molecule has 0 aromatic heterocycles. The van der Waals surface area contributed by atoms with E-state index in [1.54, 1.807) is 18.7 Å². The van der Waals surface area contributed by atoms with Gasteiger partial charge in [0.05, 0.1) is 12.5 Å². The summed E-state index contributed by atoms with van der Waals surface area (Å²) in [6, 6.07) is 6.75. The van der Waals surface area contributed by atoms with E-state index in [9.17, 15) is 14.4 Å². The number of ether oxygens (including phenoxy) is 1. The van der Waals surface area contributed by atoms with Crippen LogP contribution in [0.4, 0.5) is 0 Å². The highest BCUT2D eigenvalue weighted by molar-refractivity contribution is 5.95. The molecule has 6 nitrogen and oxygen atoms in total. The number of nitrogens with zero attached hydrogens (tertiary/aromatic N) is 1. The van der Waals surface area contributed by atoms with Crippen LogP contribution in [0, 0.1) is 12.8 Å². The molecule has 2 atom stereocenters. The Kier molecular flexibility index (Phi) is 6.56. The van der Waals surface area contributed by atoms with Crippen LogP contribution in [0.3, 0.4) is 0 Å². The van der Waals surface area contributed by atoms with Gasteiger partial charge in [-0.25, -0.2) is 4.79 Å². The van der Waals surface area contributed by atoms with Gasteiger partial charge in [0.25, 0.3) is 5.91 Å². The normalized spacial score (nSPS) is 18.4. The van der Waals surface area contributed by atoms with E-state index in [-0.39, 0.29) is 24.3 Å². The van der Waals surface area contributed by atoms with Gasteiger partial charge in [-0.05, 0) is 45.7 Å². The highest BCUT2D eigenvalue weighted by atomic mass is 16.5. The van der Waals surface area contributed by atoms with Crippen LogP contribution in [-0.4, -0.2) is 48.4 Å². The zero-order chi connectivity index (χ0) is 18.4. The van der Waals surface area contributed by atoms with Crippen molar-refractivity contribution in [3.63, 3.8) is 0 Å². The van der Waals surface area contributed by atoms with Crippen LogP contribution >= 0.6 is 0 Å². The molecular weight excluding hydrogens is 320 g/mol. The van der Waals surface area contributed by atoms with E-state index < -0.39 is 12.0 Å². The number of benzene rings is 1. The van der Waals surface area contributed by atoms with Gasteiger partial charge in [-0.15, -0.1) is 0 Å². The number of hydrogen-bond donors (Lipinski definition) is 1. The van der Waals surface area contributed by atoms with Gasteiger partial charge < -0.3 is 15.0 Å². The number of likely N-dealkylation sites (tertiary alicyclic amines) is 1. The topological polar surface area (TPSA) is 75.7 Å². The molecule has 0 unspecified atom stereocenters. The van der Waals surface area contributed by atoms with E-state index >= 15 is 0 Å². The first-order chi connectivity index (χ1) is 11.9. The van der Waals surface area contributed by atoms with Crippen molar-refractivity contribution in [1.29, 1.82) is 0 Å². The molecule has 1 aromatic carbocycles. The van der Waals surface area contributed by atoms with Crippen molar-refractivity contribution >= 4 is 17.8 Å². The highest BCUT2D eigenvalue weighted by Crippen LogP contribution is 2.19. The van der Waals surface area contributed by atoms with Gasteiger partial charge in [-0.3, -0.25) is 9.59 Å². The summed E-state index contributed by atoms with van der Waals surface area (Å²) in [5.74, 6) is -1.02. The van der Waals surface area contributed by atoms with Crippen molar-refractivity contribution < 1.29 is 19.1 Å². The van der Waals surface area contributed by atoms with E-state index in [4.69, 9.17) is 4.74 Å². The van der Waals surface area contributed by atoms with Crippen LogP contribution in [0.15, 0.2) is 24.3 Å². The standard InChI is InChI=1S/C19H26N2O4/c1-4-25-19(24)14(3)20-17(22)16-6-5-11-21(12-16)18(23)15-9-7-13(2)8-10-15/h7-10,14,16H,4-6,11-12H2,1-3H3,(H,20,22)/t14-,16-/m1/s1. The zero-order valence-electron chi connectivity index (χ0n) is 15.1. The van der Waals surface area contributed by atoms with Crippen molar-refractivity contribution in [2.45, 2.75) is 39.7 Å². The Labute approximate surface area is 148 Å². The number of piperidine rings is 1. The second-order valence-electron chi connectivity index (χ2n) is 6.44. The van der Waals surface area contributed by atoms with E-state index in [1.807, 2.05) is 31.2 Å². The molecule has 0 aliphatic carbocycles. The van der Waals surface area contributed by atoms with Gasteiger partial charge in [0.15, 0.2) is 0 Å². The minimum Gasteiger partial charge on any atom is -0.464 e. The monoisotopic (exact) mass is 346 g/mol. The maximum atomic E-state index is 12.6. The Hall–Kier alpha value is -2.37. The first-order valence-corrected chi connectivity index (χ1v) is 8.75. The molecule has 25 heavy (non-hydrogen) atoms. The minimum atomic E-state index is -0.685. The molecular formula is C19H26N2O4. The molecule has 1 heterocycles. The van der Waals surface area contributed by atoms with E-state index in [0.29, 0.717) is 25.1 Å². The molecule has 0 radical (unpaired) electrons. The van der Waals surface area contributed by atoms with Gasteiger partial charge in [0, 0.05) is 18.7 Å². The largest absolute Gasteiger partial charge is 0.464 e. The molecule has 0 bridgehead atoms. The molecule has 2 amide bonds. The molecule has 1 aromatic rings. The predicted molar refractivity (Wildman–Crippen MR) is 94.0 cm³/mol. The van der Waals surface area contributed by atoms with Crippen LogP contribution in [0.5, 0.6) is 0 Å². The Balaban J connectivity index is 1.95. The Morgan fingerprint density at radius 3 is 2.60 bits per heavy atom. The number of carbonyl (C=O) groups excluding carboxylic acids is 3. The lowest BCUT2D eigenvalue weighted by Crippen LogP contribution is -2.48. The fourth-order valence-corrected chi connectivity index (χ4v) is 2.91. The lowest BCUT2D eigenvalue weighted by Gasteiger charge is -2.32. The number of esters is 1. The molecule has 0 saturated carbocycles. The van der Waals surface area contributed by atoms with E-state index in [0.717, 1.165) is 12.0 Å². The van der Waals surface area contributed by atoms with Gasteiger partial charge in [-0.1, -0.05) is 17.7 Å². The highest BCUT2D eigenvalue weighted by Gasteiger charge is 2.30. The second kappa shape index (κ2) is 8.65. The number of amides is 2. The molecule has 0 spiro atoms. The fourth-order valence-electron chi connectivity index (χ4n) is 2.91. The molecule has 2 rings (SSSR count). The van der Waals surface area contributed by atoms with Crippen molar-refractivity contribution in [2.75, 3.05) is 19.7 Å². The molecule has 1 N–H and O–H groups in total. The van der Waals surface area contributed by atoms with E-state index in [2.05, 4.69) is 5.32 Å². The maximum Gasteiger partial charge on any atom is 0.328 e. The summed E-state index contributed by atoms with van der Waals surface area (Å²) in [6.07, 6.45) is 1.47. The summed E-state index contributed by atoms with van der Waals surface area (Å²) < 4.78 is 4.90. The number of hydrogen-bond acceptors (Lipinski definition) is 4. The number of rotatable bonds is 5. The average Bonchev–Trinajstić information content (AvgIpc) is 2.62. The van der Waals surface area contributed by atoms with Gasteiger partial charge in [-0.2, -0.15) is 0 Å². The van der Waals surface area contributed by atoms with Gasteiger partial charge in [0.1, 0.15) is 6.04 Å². The van der Waals surface area contributed by atoms with E-state index in [1.165, 1.54) is 0 Å². The number of aryl methyl sites for hydroxylation is 1. The zero-order valence-corrected chi connectivity index (χ0v) is 15.1. The van der Waals surface area contributed by atoms with Crippen LogP contribution < -0.4 is 5.32 Å². The third-order valence-corrected chi connectivity index (χ3v) is 4.38. The SMILES string of the molecule is CCOC(=O)[C@@H](C)NC(=O)[C@@H]1CCCN(C(=O)c2ccc(C)cc2)C1. The van der Waals surface area contributed by atoms with Crippen molar-refractivity contribution in [2.24, 2.45) is 5.92 Å². The summed E-state index contributed by atoms with van der Waals surface area (Å²) in [6.45, 7) is 6.59. The summed E-state index contributed by atoms with van der Waals surface area (Å²) in [5.41, 5.74) is 1.73. The molecule has 136 valence electrons. The predicted octanol–water partition coefficient (Wildman–Crippen LogP) is 1.92. The third-order valence-electron chi connectivity index (χ3n) is 4.38. The fraction of sp³-hybridized carbons (Fsp3) is 0.526. The summed E-state index contributed by atoms with van der Waals surface area (Å²) in [4.78, 5) is 38.4. The first kappa shape index (κ1) is 19.0. The quantitative estimate of drug-likeness (QED) is 0.827. The van der Waals surface area contributed by atoms with Crippen LogP contribution in [0.1, 0.15) is 42.6 Å². The summed E-state index contributed by atoms with van der Waals surface area (Å²) in [5, 5.41) is 2.69. The Morgan fingerprint density at radius 1 is 1.28 bits per heavy atom. The summed E-state index contributed by atoms with van der Waals surface area (Å²) in [7, 11) is 0. The first-order valence-electron chi connectivity index (χ1n) is 8.75. The Morgan fingerprint density at radius 2 is 1.96 bits per heavy atom. The molecule has 6 heteroatoms. The lowest BCUT2D eigenvalue weighted by atomic mass is 9.96. The number of carbonyl (C=O) groups is 3. The van der Waals surface area contributed by atoms with Crippen LogP contribution in [-0.2, 0) is 14.3 Å². The van der Waals surface area contributed by atoms with Gasteiger partial charge >= 0.3 is 5.97 Å². The van der Waals surface area contributed by atoms with Crippen LogP contribution in [0.25, 0.3) is 0 Å². The maximum absolute atomic E-state index is 12.6. The molecule has 1 fully saturated rings. The summed E-state index contributed by atoms with van der Waals surface area (Å²) >= 11 is 0.